The van der Waals surface area contributed by atoms with Gasteiger partial charge in [-0.25, -0.2) is 4.98 Å². The van der Waals surface area contributed by atoms with Crippen molar-refractivity contribution in [3.05, 3.63) is 18.3 Å². The van der Waals surface area contributed by atoms with E-state index in [-0.39, 0.29) is 18.3 Å². The van der Waals surface area contributed by atoms with Crippen LogP contribution in [0.2, 0.25) is 0 Å². The molecule has 2 fully saturated rings. The molecule has 2 saturated heterocycles. The van der Waals surface area contributed by atoms with Gasteiger partial charge in [0.1, 0.15) is 5.82 Å². The Labute approximate surface area is 134 Å². The highest BCUT2D eigenvalue weighted by Crippen LogP contribution is 2.36. The van der Waals surface area contributed by atoms with Crippen molar-refractivity contribution >= 4 is 18.4 Å². The highest BCUT2D eigenvalue weighted by Gasteiger charge is 2.51. The van der Waals surface area contributed by atoms with E-state index >= 15 is 0 Å². The molecule has 2 aliphatic rings. The van der Waals surface area contributed by atoms with Gasteiger partial charge in [-0.05, 0) is 52.5 Å². The van der Waals surface area contributed by atoms with Crippen molar-refractivity contribution in [3.8, 4) is 0 Å². The van der Waals surface area contributed by atoms with Gasteiger partial charge >= 0.3 is 7.12 Å². The number of nitrogens with zero attached hydrogens (tertiary/aromatic N) is 2. The lowest BCUT2D eigenvalue weighted by atomic mass is 9.80. The molecule has 0 spiro atoms. The minimum Gasteiger partial charge on any atom is -0.399 e. The fourth-order valence-electron chi connectivity index (χ4n) is 2.94. The summed E-state index contributed by atoms with van der Waals surface area (Å²) in [6.07, 6.45) is 4.40. The molecule has 0 amide bonds. The molecule has 0 aromatic carbocycles. The van der Waals surface area contributed by atoms with Crippen LogP contribution in [0.3, 0.4) is 0 Å². The first-order valence-electron chi connectivity index (χ1n) is 8.35. The van der Waals surface area contributed by atoms with Crippen molar-refractivity contribution in [3.63, 3.8) is 0 Å². The molecule has 0 radical (unpaired) electrons. The highest BCUT2D eigenvalue weighted by atomic mass is 16.7. The van der Waals surface area contributed by atoms with Crippen molar-refractivity contribution in [2.45, 2.75) is 58.7 Å². The van der Waals surface area contributed by atoms with Gasteiger partial charge in [-0.15, -0.1) is 0 Å². The molecule has 0 unspecified atom stereocenters. The number of hydrogen-bond donors (Lipinski definition) is 0. The van der Waals surface area contributed by atoms with Gasteiger partial charge in [0.05, 0.1) is 11.2 Å². The summed E-state index contributed by atoms with van der Waals surface area (Å²) in [5, 5.41) is 0. The first-order valence-corrected chi connectivity index (χ1v) is 8.35. The lowest BCUT2D eigenvalue weighted by molar-refractivity contribution is 0.00578. The lowest BCUT2D eigenvalue weighted by Gasteiger charge is -2.32. The van der Waals surface area contributed by atoms with E-state index in [9.17, 15) is 0 Å². The molecule has 0 aliphatic carbocycles. The zero-order chi connectivity index (χ0) is 16.0. The van der Waals surface area contributed by atoms with Crippen LogP contribution in [-0.4, -0.2) is 36.4 Å². The van der Waals surface area contributed by atoms with Crippen LogP contribution in [0.1, 0.15) is 47.5 Å². The molecule has 0 bridgehead atoms. The monoisotopic (exact) mass is 302 g/mol. The van der Waals surface area contributed by atoms with Gasteiger partial charge in [-0.1, -0.05) is 13.0 Å². The van der Waals surface area contributed by atoms with Gasteiger partial charge in [-0.2, -0.15) is 0 Å². The smallest absolute Gasteiger partial charge is 0.399 e. The summed E-state index contributed by atoms with van der Waals surface area (Å²) in [5.41, 5.74) is 0.381. The minimum atomic E-state index is -0.326. The first-order chi connectivity index (χ1) is 10.3. The third kappa shape index (κ3) is 2.89. The van der Waals surface area contributed by atoms with Crippen molar-refractivity contribution in [2.24, 2.45) is 5.92 Å². The van der Waals surface area contributed by atoms with Crippen LogP contribution in [-0.2, 0) is 9.31 Å². The molecule has 0 saturated carbocycles. The second-order valence-corrected chi connectivity index (χ2v) is 7.71. The van der Waals surface area contributed by atoms with Crippen molar-refractivity contribution in [2.75, 3.05) is 18.0 Å². The SMILES string of the molecule is CC1CCN(c2ccc(B3OC(C)(C)C(C)(C)O3)cn2)CC1. The average molecular weight is 302 g/mol. The molecule has 3 heterocycles. The molecule has 0 N–H and O–H groups in total. The topological polar surface area (TPSA) is 34.6 Å². The summed E-state index contributed by atoms with van der Waals surface area (Å²) in [4.78, 5) is 7.00. The van der Waals surface area contributed by atoms with Crippen molar-refractivity contribution < 1.29 is 9.31 Å². The van der Waals surface area contributed by atoms with E-state index in [1.807, 2.05) is 6.20 Å². The Morgan fingerprint density at radius 2 is 1.68 bits per heavy atom. The summed E-state index contributed by atoms with van der Waals surface area (Å²) in [6.45, 7) is 12.8. The predicted molar refractivity (Wildman–Crippen MR) is 90.6 cm³/mol. The van der Waals surface area contributed by atoms with E-state index in [0.717, 1.165) is 30.3 Å². The van der Waals surface area contributed by atoms with Crippen LogP contribution in [0.25, 0.3) is 0 Å². The summed E-state index contributed by atoms with van der Waals surface area (Å²) in [5.74, 6) is 1.90. The zero-order valence-corrected chi connectivity index (χ0v) is 14.4. The lowest BCUT2D eigenvalue weighted by Crippen LogP contribution is -2.41. The quantitative estimate of drug-likeness (QED) is 0.787. The van der Waals surface area contributed by atoms with Crippen LogP contribution < -0.4 is 10.4 Å². The molecule has 22 heavy (non-hydrogen) atoms. The highest BCUT2D eigenvalue weighted by molar-refractivity contribution is 6.62. The Morgan fingerprint density at radius 1 is 1.09 bits per heavy atom. The van der Waals surface area contributed by atoms with E-state index in [4.69, 9.17) is 9.31 Å². The molecular weight excluding hydrogens is 275 g/mol. The number of rotatable bonds is 2. The zero-order valence-electron chi connectivity index (χ0n) is 14.4. The fraction of sp³-hybridized carbons (Fsp3) is 0.706. The number of hydrogen-bond acceptors (Lipinski definition) is 4. The molecular formula is C17H27BN2O2. The third-order valence-corrected chi connectivity index (χ3v) is 5.40. The van der Waals surface area contributed by atoms with Crippen LogP contribution in [0, 0.1) is 5.92 Å². The van der Waals surface area contributed by atoms with Gasteiger partial charge in [0.15, 0.2) is 0 Å². The average Bonchev–Trinajstić information content (AvgIpc) is 2.68. The molecule has 1 aromatic heterocycles. The van der Waals surface area contributed by atoms with E-state index in [2.05, 4.69) is 56.6 Å². The Kier molecular flexibility index (Phi) is 3.98. The van der Waals surface area contributed by atoms with Crippen LogP contribution >= 0.6 is 0 Å². The van der Waals surface area contributed by atoms with Crippen LogP contribution in [0.4, 0.5) is 5.82 Å². The van der Waals surface area contributed by atoms with Gasteiger partial charge in [-0.3, -0.25) is 0 Å². The standard InChI is InChI=1S/C17H27BN2O2/c1-13-8-10-20(11-9-13)15-7-6-14(12-19-15)18-21-16(2,3)17(4,5)22-18/h6-7,12-13H,8-11H2,1-5H3. The molecule has 120 valence electrons. The van der Waals surface area contributed by atoms with Gasteiger partial charge in [0.25, 0.3) is 0 Å². The Hall–Kier alpha value is -1.07. The fourth-order valence-corrected chi connectivity index (χ4v) is 2.94. The maximum absolute atomic E-state index is 6.07. The Balaban J connectivity index is 1.70. The Morgan fingerprint density at radius 3 is 2.18 bits per heavy atom. The van der Waals surface area contributed by atoms with E-state index in [1.54, 1.807) is 0 Å². The van der Waals surface area contributed by atoms with Gasteiger partial charge in [0.2, 0.25) is 0 Å². The predicted octanol–water partition coefficient (Wildman–Crippen LogP) is 2.62. The second-order valence-electron chi connectivity index (χ2n) is 7.71. The van der Waals surface area contributed by atoms with Crippen LogP contribution in [0.15, 0.2) is 18.3 Å². The summed E-state index contributed by atoms with van der Waals surface area (Å²) < 4.78 is 12.1. The van der Waals surface area contributed by atoms with Crippen molar-refractivity contribution in [1.82, 2.24) is 4.98 Å². The van der Waals surface area contributed by atoms with E-state index in [0.29, 0.717) is 0 Å². The van der Waals surface area contributed by atoms with Crippen molar-refractivity contribution in [1.29, 1.82) is 0 Å². The Bertz CT molecular complexity index is 506. The third-order valence-electron chi connectivity index (χ3n) is 5.40. The summed E-state index contributed by atoms with van der Waals surface area (Å²) >= 11 is 0. The molecule has 0 atom stereocenters. The van der Waals surface area contributed by atoms with Gasteiger partial charge in [0, 0.05) is 24.7 Å². The maximum atomic E-state index is 6.07. The second kappa shape index (κ2) is 5.53. The maximum Gasteiger partial charge on any atom is 0.496 e. The molecule has 3 rings (SSSR count). The number of pyridine rings is 1. The normalized spacial score (nSPS) is 24.8. The molecule has 1 aromatic rings. The van der Waals surface area contributed by atoms with E-state index < -0.39 is 0 Å². The van der Waals surface area contributed by atoms with E-state index in [1.165, 1.54) is 12.8 Å². The van der Waals surface area contributed by atoms with Gasteiger partial charge < -0.3 is 14.2 Å². The van der Waals surface area contributed by atoms with Crippen LogP contribution in [0.5, 0.6) is 0 Å². The molecule has 5 heteroatoms. The number of aromatic nitrogens is 1. The summed E-state index contributed by atoms with van der Waals surface area (Å²) in [6, 6.07) is 4.18. The number of piperidine rings is 1. The first kappa shape index (κ1) is 15.8. The molecule has 4 nitrogen and oxygen atoms in total. The summed E-state index contributed by atoms with van der Waals surface area (Å²) in [7, 11) is -0.326. The number of anilines is 1. The largest absolute Gasteiger partial charge is 0.496 e. The molecule has 2 aliphatic heterocycles. The minimum absolute atomic E-state index is 0.306.